The smallest absolute Gasteiger partial charge is 0.307 e. The molecule has 6 nitrogen and oxygen atoms in total. The topological polar surface area (TPSA) is 79.6 Å². The normalized spacial score (nSPS) is 16.9. The minimum Gasteiger partial charge on any atom is -0.481 e. The van der Waals surface area contributed by atoms with Gasteiger partial charge in [-0.2, -0.15) is 4.31 Å². The summed E-state index contributed by atoms with van der Waals surface area (Å²) in [5, 5.41) is 11.1. The maximum Gasteiger partial charge on any atom is 0.307 e. The summed E-state index contributed by atoms with van der Waals surface area (Å²) < 4.78 is 42.5. The lowest BCUT2D eigenvalue weighted by molar-refractivity contribution is -0.136. The summed E-state index contributed by atoms with van der Waals surface area (Å²) >= 11 is 1.47. The second-order valence-electron chi connectivity index (χ2n) is 6.92. The number of hydrogen-bond donors (Lipinski definition) is 1. The number of benzene rings is 2. The average molecular weight is 435 g/mol. The van der Waals surface area contributed by atoms with Crippen molar-refractivity contribution in [2.24, 2.45) is 0 Å². The molecule has 0 radical (unpaired) electrons. The minimum atomic E-state index is -3.78. The van der Waals surface area contributed by atoms with Crippen LogP contribution in [0.2, 0.25) is 0 Å². The molecule has 0 amide bonds. The first kappa shape index (κ1) is 19.9. The number of aromatic nitrogens is 1. The molecule has 9 heteroatoms. The van der Waals surface area contributed by atoms with E-state index in [2.05, 4.69) is 0 Å². The maximum atomic E-state index is 13.2. The molecule has 0 bridgehead atoms. The Morgan fingerprint density at radius 2 is 1.93 bits per heavy atom. The van der Waals surface area contributed by atoms with E-state index in [9.17, 15) is 22.7 Å². The first-order valence-corrected chi connectivity index (χ1v) is 11.4. The van der Waals surface area contributed by atoms with Gasteiger partial charge in [-0.25, -0.2) is 12.8 Å². The van der Waals surface area contributed by atoms with Crippen LogP contribution in [-0.4, -0.2) is 47.2 Å². The Hall–Kier alpha value is -2.36. The number of para-hydroxylation sites is 1. The molecular weight excluding hydrogens is 415 g/mol. The number of fused-ring (bicyclic) bond motifs is 3. The second-order valence-corrected chi connectivity index (χ2v) is 9.93. The molecule has 0 fully saturated rings. The lowest BCUT2D eigenvalue weighted by Crippen LogP contribution is -2.43. The van der Waals surface area contributed by atoms with E-state index < -0.39 is 21.8 Å². The van der Waals surface area contributed by atoms with E-state index in [4.69, 9.17) is 0 Å². The Labute approximate surface area is 172 Å². The molecule has 29 heavy (non-hydrogen) atoms. The highest BCUT2D eigenvalue weighted by atomic mass is 32.2. The van der Waals surface area contributed by atoms with Gasteiger partial charge in [-0.1, -0.05) is 18.2 Å². The fourth-order valence-electron chi connectivity index (χ4n) is 3.65. The summed E-state index contributed by atoms with van der Waals surface area (Å²) in [6.45, 7) is 0.416. The number of carboxylic acids is 1. The lowest BCUT2D eigenvalue weighted by atomic mass is 10.1. The number of carbonyl (C=O) groups is 1. The van der Waals surface area contributed by atoms with Crippen LogP contribution in [0.25, 0.3) is 10.9 Å². The highest BCUT2D eigenvalue weighted by Gasteiger charge is 2.33. The first-order valence-electron chi connectivity index (χ1n) is 8.97. The van der Waals surface area contributed by atoms with Crippen LogP contribution in [0.15, 0.2) is 58.5 Å². The molecule has 0 aliphatic carbocycles. The van der Waals surface area contributed by atoms with Gasteiger partial charge in [0.25, 0.3) is 0 Å². The van der Waals surface area contributed by atoms with Gasteiger partial charge >= 0.3 is 5.97 Å². The van der Waals surface area contributed by atoms with Gasteiger partial charge in [0, 0.05) is 35.8 Å². The van der Waals surface area contributed by atoms with E-state index >= 15 is 0 Å². The first-order chi connectivity index (χ1) is 13.8. The molecule has 1 aliphatic heterocycles. The largest absolute Gasteiger partial charge is 0.481 e. The number of sulfonamides is 1. The maximum absolute atomic E-state index is 13.2. The number of thioether (sulfide) groups is 1. The summed E-state index contributed by atoms with van der Waals surface area (Å²) in [6, 6.07) is 12.0. The SMILES string of the molecule is CN([C@@H]1CSc2c(CC(=O)O)c3ccccc3n2C1)S(=O)(=O)c1ccc(F)cc1. The Kier molecular flexibility index (Phi) is 5.14. The molecule has 0 saturated carbocycles. The molecule has 0 unspecified atom stereocenters. The molecule has 0 saturated heterocycles. The summed E-state index contributed by atoms with van der Waals surface area (Å²) in [5.41, 5.74) is 1.66. The Morgan fingerprint density at radius 1 is 1.24 bits per heavy atom. The van der Waals surface area contributed by atoms with Gasteiger partial charge in [0.05, 0.1) is 22.4 Å². The lowest BCUT2D eigenvalue weighted by Gasteiger charge is -2.32. The highest BCUT2D eigenvalue weighted by molar-refractivity contribution is 7.99. The average Bonchev–Trinajstić information content (AvgIpc) is 3.00. The van der Waals surface area contributed by atoms with Crippen molar-refractivity contribution in [1.82, 2.24) is 8.87 Å². The quantitative estimate of drug-likeness (QED) is 0.667. The van der Waals surface area contributed by atoms with Crippen molar-refractivity contribution < 1.29 is 22.7 Å². The number of nitrogens with zero attached hydrogens (tertiary/aromatic N) is 2. The Morgan fingerprint density at radius 3 is 2.62 bits per heavy atom. The molecule has 1 aliphatic rings. The Balaban J connectivity index is 1.70. The van der Waals surface area contributed by atoms with Crippen LogP contribution in [0.1, 0.15) is 5.56 Å². The fourth-order valence-corrected chi connectivity index (χ4v) is 6.45. The van der Waals surface area contributed by atoms with Gasteiger partial charge in [-0.05, 0) is 30.3 Å². The zero-order valence-electron chi connectivity index (χ0n) is 15.6. The molecule has 1 atom stereocenters. The van der Waals surface area contributed by atoms with Crippen molar-refractivity contribution in [3.05, 3.63) is 59.9 Å². The summed E-state index contributed by atoms with van der Waals surface area (Å²) in [7, 11) is -2.25. The summed E-state index contributed by atoms with van der Waals surface area (Å²) in [6.07, 6.45) is -0.0791. The van der Waals surface area contributed by atoms with Crippen molar-refractivity contribution in [3.63, 3.8) is 0 Å². The molecule has 152 valence electrons. The number of halogens is 1. The predicted molar refractivity (Wildman–Crippen MR) is 109 cm³/mol. The molecule has 2 heterocycles. The molecular formula is C20H19FN2O4S2. The van der Waals surface area contributed by atoms with Gasteiger partial charge in [0.15, 0.2) is 0 Å². The zero-order chi connectivity index (χ0) is 20.8. The van der Waals surface area contributed by atoms with Gasteiger partial charge < -0.3 is 9.67 Å². The Bertz CT molecular complexity index is 1190. The van der Waals surface area contributed by atoms with Crippen LogP contribution in [0.5, 0.6) is 0 Å². The minimum absolute atomic E-state index is 0.0427. The number of hydrogen-bond acceptors (Lipinski definition) is 4. The van der Waals surface area contributed by atoms with Crippen LogP contribution < -0.4 is 0 Å². The summed E-state index contributed by atoms with van der Waals surface area (Å²) in [5.74, 6) is -0.892. The third-order valence-electron chi connectivity index (χ3n) is 5.16. The molecule has 4 rings (SSSR count). The molecule has 1 aromatic heterocycles. The second kappa shape index (κ2) is 7.47. The predicted octanol–water partition coefficient (Wildman–Crippen LogP) is 3.20. The number of likely N-dealkylation sites (N-methyl/N-ethyl adjacent to an activating group) is 1. The third kappa shape index (κ3) is 3.54. The number of aliphatic carboxylic acids is 1. The van der Waals surface area contributed by atoms with Crippen LogP contribution in [-0.2, 0) is 27.8 Å². The van der Waals surface area contributed by atoms with Crippen LogP contribution in [0.3, 0.4) is 0 Å². The van der Waals surface area contributed by atoms with E-state index in [1.54, 1.807) is 0 Å². The molecule has 0 spiro atoms. The van der Waals surface area contributed by atoms with Gasteiger partial charge in [-0.15, -0.1) is 11.8 Å². The van der Waals surface area contributed by atoms with Crippen LogP contribution in [0, 0.1) is 5.82 Å². The van der Waals surface area contributed by atoms with Crippen LogP contribution in [0.4, 0.5) is 4.39 Å². The van der Waals surface area contributed by atoms with Gasteiger partial charge in [0.1, 0.15) is 5.82 Å². The molecule has 2 aromatic carbocycles. The molecule has 1 N–H and O–H groups in total. The zero-order valence-corrected chi connectivity index (χ0v) is 17.2. The van der Waals surface area contributed by atoms with Gasteiger partial charge in [-0.3, -0.25) is 4.79 Å². The van der Waals surface area contributed by atoms with E-state index in [0.29, 0.717) is 12.3 Å². The highest BCUT2D eigenvalue weighted by Crippen LogP contribution is 2.38. The third-order valence-corrected chi connectivity index (χ3v) is 8.38. The number of carboxylic acid groups (broad SMARTS) is 1. The van der Waals surface area contributed by atoms with E-state index in [-0.39, 0.29) is 17.4 Å². The van der Waals surface area contributed by atoms with Crippen molar-refractivity contribution in [3.8, 4) is 0 Å². The van der Waals surface area contributed by atoms with Crippen molar-refractivity contribution in [2.75, 3.05) is 12.8 Å². The van der Waals surface area contributed by atoms with Crippen LogP contribution >= 0.6 is 11.8 Å². The van der Waals surface area contributed by atoms with E-state index in [1.807, 2.05) is 28.8 Å². The summed E-state index contributed by atoms with van der Waals surface area (Å²) in [4.78, 5) is 11.4. The van der Waals surface area contributed by atoms with E-state index in [1.165, 1.54) is 35.2 Å². The standard InChI is InChI=1S/C20H19FN2O4S2/c1-22(29(26,27)15-8-6-13(21)7-9-15)14-11-23-18-5-3-2-4-16(18)17(10-19(24)25)20(23)28-12-14/h2-9,14H,10-12H2,1H3,(H,24,25)/t14-/m0/s1. The fraction of sp³-hybridized carbons (Fsp3) is 0.250. The van der Waals surface area contributed by atoms with Gasteiger partial charge in [0.2, 0.25) is 10.0 Å². The van der Waals surface area contributed by atoms with Crippen molar-refractivity contribution >= 4 is 38.7 Å². The van der Waals surface area contributed by atoms with Crippen molar-refractivity contribution in [1.29, 1.82) is 0 Å². The van der Waals surface area contributed by atoms with E-state index in [0.717, 1.165) is 33.6 Å². The molecule has 3 aromatic rings. The monoisotopic (exact) mass is 434 g/mol. The number of rotatable bonds is 5. The van der Waals surface area contributed by atoms with Crippen molar-refractivity contribution in [2.45, 2.75) is 28.9 Å².